The summed E-state index contributed by atoms with van der Waals surface area (Å²) in [6.45, 7) is 3.76. The molecule has 0 bridgehead atoms. The molecule has 3 aromatic rings. The Morgan fingerprint density at radius 1 is 1.03 bits per heavy atom. The minimum Gasteiger partial charge on any atom is -0.303 e. The summed E-state index contributed by atoms with van der Waals surface area (Å²) >= 11 is 3.79. The predicted octanol–water partition coefficient (Wildman–Crippen LogP) is 7.22. The van der Waals surface area contributed by atoms with E-state index in [1.54, 1.807) is 0 Å². The van der Waals surface area contributed by atoms with E-state index in [1.807, 2.05) is 29.7 Å². The Morgan fingerprint density at radius 3 is 2.67 bits per heavy atom. The van der Waals surface area contributed by atoms with Crippen LogP contribution in [0.2, 0.25) is 0 Å². The lowest BCUT2D eigenvalue weighted by molar-refractivity contribution is 0.192. The first kappa shape index (κ1) is 26.2. The zero-order valence-electron chi connectivity index (χ0n) is 18.6. The SMILES string of the molecule is C(=CC1=Cc2cnc3cccc(n23)S1)SCC1CCN(CCCc2ccccc2)CC1.Cl.Cl. The number of benzene rings is 1. The molecule has 0 N–H and O–H groups in total. The van der Waals surface area contributed by atoms with Crippen molar-refractivity contribution in [3.8, 4) is 0 Å². The summed E-state index contributed by atoms with van der Waals surface area (Å²) in [5.41, 5.74) is 3.67. The molecule has 0 unspecified atom stereocenters. The van der Waals surface area contributed by atoms with E-state index in [-0.39, 0.29) is 24.8 Å². The van der Waals surface area contributed by atoms with Gasteiger partial charge in [-0.05, 0) is 86.5 Å². The number of allylic oxidation sites excluding steroid dienone is 1. The molecule has 1 saturated heterocycles. The Bertz CT molecular complexity index is 1070. The molecule has 2 aromatic heterocycles. The van der Waals surface area contributed by atoms with Crippen molar-refractivity contribution in [1.82, 2.24) is 14.3 Å². The van der Waals surface area contributed by atoms with E-state index >= 15 is 0 Å². The van der Waals surface area contributed by atoms with Crippen molar-refractivity contribution in [3.63, 3.8) is 0 Å². The van der Waals surface area contributed by atoms with Gasteiger partial charge in [-0.1, -0.05) is 48.2 Å². The van der Waals surface area contributed by atoms with E-state index in [4.69, 9.17) is 0 Å². The highest BCUT2D eigenvalue weighted by molar-refractivity contribution is 8.04. The summed E-state index contributed by atoms with van der Waals surface area (Å²) in [6.07, 6.45) is 11.6. The fraction of sp³-hybridized carbons (Fsp3) is 0.346. The Balaban J connectivity index is 0.00000153. The Hall–Kier alpha value is -1.37. The van der Waals surface area contributed by atoms with Crippen LogP contribution in [0.5, 0.6) is 0 Å². The van der Waals surface area contributed by atoms with Crippen molar-refractivity contribution < 1.29 is 0 Å². The van der Waals surface area contributed by atoms with Crippen LogP contribution in [-0.2, 0) is 6.42 Å². The Morgan fingerprint density at radius 2 is 1.85 bits per heavy atom. The predicted molar refractivity (Wildman–Crippen MR) is 149 cm³/mol. The van der Waals surface area contributed by atoms with E-state index in [9.17, 15) is 0 Å². The number of likely N-dealkylation sites (tertiary alicyclic amines) is 1. The molecular weight excluding hydrogens is 489 g/mol. The zero-order chi connectivity index (χ0) is 20.9. The highest BCUT2D eigenvalue weighted by Crippen LogP contribution is 2.35. The van der Waals surface area contributed by atoms with Crippen molar-refractivity contribution in [1.29, 1.82) is 0 Å². The van der Waals surface area contributed by atoms with Gasteiger partial charge in [0.05, 0.1) is 16.9 Å². The number of halogens is 2. The van der Waals surface area contributed by atoms with Crippen LogP contribution in [-0.4, -0.2) is 39.7 Å². The first-order chi connectivity index (χ1) is 15.3. The monoisotopic (exact) mass is 519 g/mol. The molecule has 5 rings (SSSR count). The Labute approximate surface area is 217 Å². The number of pyridine rings is 1. The van der Waals surface area contributed by atoms with Crippen molar-refractivity contribution in [2.24, 2.45) is 5.92 Å². The summed E-state index contributed by atoms with van der Waals surface area (Å²) in [5.74, 6) is 2.09. The number of hydrogen-bond acceptors (Lipinski definition) is 4. The number of nitrogens with zero attached hydrogens (tertiary/aromatic N) is 3. The summed E-state index contributed by atoms with van der Waals surface area (Å²) in [4.78, 5) is 8.45. The van der Waals surface area contributed by atoms with Crippen molar-refractivity contribution in [3.05, 3.63) is 82.4 Å². The lowest BCUT2D eigenvalue weighted by Gasteiger charge is -2.31. The first-order valence-corrected chi connectivity index (χ1v) is 13.1. The largest absolute Gasteiger partial charge is 0.303 e. The first-order valence-electron chi connectivity index (χ1n) is 11.3. The minimum absolute atomic E-state index is 0. The number of aryl methyl sites for hydroxylation is 1. The fourth-order valence-electron chi connectivity index (χ4n) is 4.42. The topological polar surface area (TPSA) is 20.5 Å². The third kappa shape index (κ3) is 6.83. The van der Waals surface area contributed by atoms with Gasteiger partial charge in [-0.2, -0.15) is 0 Å². The van der Waals surface area contributed by atoms with E-state index in [0.29, 0.717) is 0 Å². The van der Waals surface area contributed by atoms with E-state index in [1.165, 1.54) is 72.3 Å². The average molecular weight is 521 g/mol. The van der Waals surface area contributed by atoms with E-state index in [2.05, 4.69) is 80.4 Å². The van der Waals surface area contributed by atoms with Gasteiger partial charge in [0.25, 0.3) is 0 Å². The lowest BCUT2D eigenvalue weighted by atomic mass is 9.98. The fourth-order valence-corrected chi connectivity index (χ4v) is 6.46. The van der Waals surface area contributed by atoms with E-state index in [0.717, 1.165) is 11.6 Å². The lowest BCUT2D eigenvalue weighted by Crippen LogP contribution is -2.35. The summed E-state index contributed by atoms with van der Waals surface area (Å²) < 4.78 is 2.22. The van der Waals surface area contributed by atoms with Gasteiger partial charge in [0.2, 0.25) is 0 Å². The number of piperidine rings is 1. The normalized spacial score (nSPS) is 16.4. The smallest absolute Gasteiger partial charge is 0.138 e. The van der Waals surface area contributed by atoms with Gasteiger partial charge in [-0.15, -0.1) is 36.6 Å². The highest BCUT2D eigenvalue weighted by Gasteiger charge is 2.18. The van der Waals surface area contributed by atoms with Gasteiger partial charge in [0.15, 0.2) is 0 Å². The molecule has 4 heterocycles. The number of hydrogen-bond donors (Lipinski definition) is 0. The van der Waals surface area contributed by atoms with Gasteiger partial charge in [-0.3, -0.25) is 4.40 Å². The second-order valence-corrected chi connectivity index (χ2v) is 10.4. The molecule has 0 aliphatic carbocycles. The zero-order valence-corrected chi connectivity index (χ0v) is 21.9. The maximum absolute atomic E-state index is 4.49. The van der Waals surface area contributed by atoms with Crippen molar-refractivity contribution in [2.75, 3.05) is 25.4 Å². The van der Waals surface area contributed by atoms with Crippen LogP contribution in [0.15, 0.2) is 76.1 Å². The van der Waals surface area contributed by atoms with Crippen molar-refractivity contribution in [2.45, 2.75) is 30.7 Å². The highest BCUT2D eigenvalue weighted by atomic mass is 35.5. The molecule has 33 heavy (non-hydrogen) atoms. The quantitative estimate of drug-likeness (QED) is 0.313. The molecule has 0 radical (unpaired) electrons. The maximum atomic E-state index is 4.49. The van der Waals surface area contributed by atoms with Crippen LogP contribution >= 0.6 is 48.3 Å². The third-order valence-electron chi connectivity index (χ3n) is 6.18. The summed E-state index contributed by atoms with van der Waals surface area (Å²) in [5, 5.41) is 3.54. The van der Waals surface area contributed by atoms with Gasteiger partial charge in [0.1, 0.15) is 5.65 Å². The molecule has 1 aromatic carbocycles. The van der Waals surface area contributed by atoms with Crippen LogP contribution in [0.1, 0.15) is 30.5 Å². The second-order valence-electron chi connectivity index (χ2n) is 8.40. The van der Waals surface area contributed by atoms with Gasteiger partial charge in [0, 0.05) is 10.7 Å². The average Bonchev–Trinajstić information content (AvgIpc) is 3.23. The minimum atomic E-state index is 0. The van der Waals surface area contributed by atoms with Gasteiger partial charge >= 0.3 is 0 Å². The van der Waals surface area contributed by atoms with Crippen LogP contribution in [0.4, 0.5) is 0 Å². The van der Waals surface area contributed by atoms with Crippen LogP contribution in [0, 0.1) is 5.92 Å². The van der Waals surface area contributed by atoms with E-state index < -0.39 is 0 Å². The van der Waals surface area contributed by atoms with Crippen LogP contribution < -0.4 is 0 Å². The summed E-state index contributed by atoms with van der Waals surface area (Å²) in [7, 11) is 0. The van der Waals surface area contributed by atoms with Gasteiger partial charge < -0.3 is 4.90 Å². The molecule has 0 spiro atoms. The van der Waals surface area contributed by atoms with Crippen LogP contribution in [0.3, 0.4) is 0 Å². The number of thioether (sulfide) groups is 2. The van der Waals surface area contributed by atoms with Crippen LogP contribution in [0.25, 0.3) is 11.7 Å². The standard InChI is InChI=1S/C26H29N3S2.2ClH/c1-2-6-21(7-3-1)8-5-14-28-15-11-22(12-16-28)20-30-17-13-24-18-23-19-27-25-9-4-10-26(31-24)29(23)25;;/h1-4,6-7,9-10,13,17-19,22H,5,8,11-12,14-16,20H2;2*1H. The maximum Gasteiger partial charge on any atom is 0.138 e. The molecule has 1 fully saturated rings. The molecule has 2 aliphatic heterocycles. The molecule has 0 saturated carbocycles. The van der Waals surface area contributed by atoms with Crippen molar-refractivity contribution >= 4 is 60.1 Å². The molecule has 176 valence electrons. The Kier molecular flexibility index (Phi) is 10.3. The molecule has 0 amide bonds. The molecular formula is C26H31Cl2N3S2. The number of imidazole rings is 1. The van der Waals surface area contributed by atoms with Gasteiger partial charge in [-0.25, -0.2) is 4.98 Å². The second kappa shape index (κ2) is 12.9. The molecule has 2 aliphatic rings. The number of rotatable bonds is 8. The third-order valence-corrected chi connectivity index (χ3v) is 8.19. The molecule has 7 heteroatoms. The summed E-state index contributed by atoms with van der Waals surface area (Å²) in [6, 6.07) is 17.2. The molecule has 0 atom stereocenters. The molecule has 3 nitrogen and oxygen atoms in total. The number of aromatic nitrogens is 2.